The van der Waals surface area contributed by atoms with E-state index in [-0.39, 0.29) is 27.8 Å². The standard InChI is InChI=1S/C13H17N3O6S2/c1-2-3-7-10-6(4-8(11(7)14)23(17,18)19)5-9(24(20,21)22)12(15)13(10)16/h4-5H,2-3,14-16H2,1H3,(H,17,18,19)(H,20,21,22). The summed E-state index contributed by atoms with van der Waals surface area (Å²) in [6.45, 7) is 1.82. The van der Waals surface area contributed by atoms with Crippen molar-refractivity contribution in [2.24, 2.45) is 0 Å². The largest absolute Gasteiger partial charge is 0.397 e. The van der Waals surface area contributed by atoms with Crippen LogP contribution in [0.5, 0.6) is 0 Å². The Hall–Kier alpha value is -2.08. The Morgan fingerprint density at radius 2 is 1.33 bits per heavy atom. The van der Waals surface area contributed by atoms with Crippen LogP contribution in [0.4, 0.5) is 17.1 Å². The second-order valence-corrected chi connectivity index (χ2v) is 8.05. The zero-order chi connectivity index (χ0) is 18.4. The molecule has 0 atom stereocenters. The highest BCUT2D eigenvalue weighted by molar-refractivity contribution is 7.86. The Bertz CT molecular complexity index is 1040. The first-order valence-electron chi connectivity index (χ1n) is 6.77. The summed E-state index contributed by atoms with van der Waals surface area (Å²) in [5, 5.41) is 0.353. The van der Waals surface area contributed by atoms with Crippen molar-refractivity contribution in [3.63, 3.8) is 0 Å². The number of rotatable bonds is 4. The van der Waals surface area contributed by atoms with Crippen molar-refractivity contribution in [3.8, 4) is 0 Å². The summed E-state index contributed by atoms with van der Waals surface area (Å²) in [6, 6.07) is 1.98. The lowest BCUT2D eigenvalue weighted by atomic mass is 9.97. The summed E-state index contributed by atoms with van der Waals surface area (Å²) < 4.78 is 64.6. The van der Waals surface area contributed by atoms with E-state index in [1.807, 2.05) is 6.92 Å². The topological polar surface area (TPSA) is 187 Å². The fourth-order valence-electron chi connectivity index (χ4n) is 2.60. The Morgan fingerprint density at radius 1 is 0.875 bits per heavy atom. The van der Waals surface area contributed by atoms with Gasteiger partial charge in [-0.2, -0.15) is 16.8 Å². The van der Waals surface area contributed by atoms with Crippen LogP contribution in [0, 0.1) is 0 Å². The second-order valence-electron chi connectivity index (χ2n) is 5.27. The molecule has 0 bridgehead atoms. The summed E-state index contributed by atoms with van der Waals surface area (Å²) in [6.07, 6.45) is 0.897. The minimum atomic E-state index is -4.68. The van der Waals surface area contributed by atoms with Gasteiger partial charge in [-0.25, -0.2) is 0 Å². The first-order chi connectivity index (χ1) is 10.9. The average molecular weight is 375 g/mol. The highest BCUT2D eigenvalue weighted by atomic mass is 32.2. The summed E-state index contributed by atoms with van der Waals surface area (Å²) in [5.41, 5.74) is 17.1. The number of nitrogen functional groups attached to an aromatic ring is 3. The van der Waals surface area contributed by atoms with Gasteiger partial charge in [0.25, 0.3) is 20.2 Å². The third-order valence-electron chi connectivity index (χ3n) is 3.64. The van der Waals surface area contributed by atoms with Gasteiger partial charge < -0.3 is 17.2 Å². The van der Waals surface area contributed by atoms with Crippen LogP contribution < -0.4 is 17.2 Å². The van der Waals surface area contributed by atoms with Crippen LogP contribution in [-0.2, 0) is 26.7 Å². The van der Waals surface area contributed by atoms with Gasteiger partial charge in [0.15, 0.2) is 0 Å². The Kier molecular flexibility index (Phi) is 4.39. The lowest BCUT2D eigenvalue weighted by molar-refractivity contribution is 0.482. The molecular weight excluding hydrogens is 358 g/mol. The fraction of sp³-hybridized carbons (Fsp3) is 0.231. The molecule has 9 nitrogen and oxygen atoms in total. The molecule has 132 valence electrons. The van der Waals surface area contributed by atoms with E-state index in [9.17, 15) is 25.9 Å². The van der Waals surface area contributed by atoms with Crippen LogP contribution in [0.3, 0.4) is 0 Å². The highest BCUT2D eigenvalue weighted by Gasteiger charge is 2.24. The first kappa shape index (κ1) is 18.3. The number of nitrogens with two attached hydrogens (primary N) is 3. The maximum Gasteiger partial charge on any atom is 0.296 e. The third-order valence-corrected chi connectivity index (χ3v) is 5.42. The number of aryl methyl sites for hydroxylation is 1. The van der Waals surface area contributed by atoms with Crippen molar-refractivity contribution in [2.75, 3.05) is 17.2 Å². The van der Waals surface area contributed by atoms with Crippen LogP contribution >= 0.6 is 0 Å². The molecule has 0 saturated carbocycles. The van der Waals surface area contributed by atoms with Gasteiger partial charge >= 0.3 is 0 Å². The molecule has 2 aromatic carbocycles. The monoisotopic (exact) mass is 375 g/mol. The predicted octanol–water partition coefficient (Wildman–Crippen LogP) is 1.03. The SMILES string of the molecule is CCCc1c(N)c(S(=O)(=O)O)cc2cc(S(=O)(=O)O)c(N)c(N)c12. The van der Waals surface area contributed by atoms with Crippen LogP contribution in [0.2, 0.25) is 0 Å². The Balaban J connectivity index is 3.12. The molecule has 0 aliphatic rings. The second kappa shape index (κ2) is 5.77. The molecule has 0 aromatic heterocycles. The van der Waals surface area contributed by atoms with E-state index >= 15 is 0 Å². The smallest absolute Gasteiger partial charge is 0.296 e. The van der Waals surface area contributed by atoms with E-state index in [0.29, 0.717) is 18.4 Å². The number of benzene rings is 2. The summed E-state index contributed by atoms with van der Waals surface area (Å²) in [5.74, 6) is 0. The summed E-state index contributed by atoms with van der Waals surface area (Å²) >= 11 is 0. The van der Waals surface area contributed by atoms with Gasteiger partial charge in [-0.15, -0.1) is 0 Å². The number of hydrogen-bond donors (Lipinski definition) is 5. The lowest BCUT2D eigenvalue weighted by Crippen LogP contribution is -2.11. The van der Waals surface area contributed by atoms with Crippen molar-refractivity contribution in [2.45, 2.75) is 29.6 Å². The predicted molar refractivity (Wildman–Crippen MR) is 90.8 cm³/mol. The summed E-state index contributed by atoms with van der Waals surface area (Å²) in [7, 11) is -9.33. The minimum Gasteiger partial charge on any atom is -0.397 e. The molecule has 0 fully saturated rings. The number of fused-ring (bicyclic) bond motifs is 1. The molecule has 0 aliphatic carbocycles. The van der Waals surface area contributed by atoms with E-state index < -0.39 is 30.0 Å². The maximum absolute atomic E-state index is 11.5. The van der Waals surface area contributed by atoms with E-state index in [1.54, 1.807) is 0 Å². The first-order valence-corrected chi connectivity index (χ1v) is 9.65. The van der Waals surface area contributed by atoms with Crippen LogP contribution in [0.1, 0.15) is 18.9 Å². The van der Waals surface area contributed by atoms with E-state index in [0.717, 1.165) is 12.1 Å². The molecule has 0 radical (unpaired) electrons. The molecule has 0 unspecified atom stereocenters. The molecular formula is C13H17N3O6S2. The van der Waals surface area contributed by atoms with Gasteiger partial charge in [-0.1, -0.05) is 13.3 Å². The van der Waals surface area contributed by atoms with Crippen molar-refractivity contribution in [1.29, 1.82) is 0 Å². The molecule has 2 aromatic rings. The van der Waals surface area contributed by atoms with Gasteiger partial charge in [-0.05, 0) is 29.5 Å². The maximum atomic E-state index is 11.5. The van der Waals surface area contributed by atoms with Gasteiger partial charge in [0.05, 0.1) is 17.1 Å². The third kappa shape index (κ3) is 2.98. The normalized spacial score (nSPS) is 12.6. The van der Waals surface area contributed by atoms with E-state index in [2.05, 4.69) is 0 Å². The lowest BCUT2D eigenvalue weighted by Gasteiger charge is -2.17. The molecule has 8 N–H and O–H groups in total. The van der Waals surface area contributed by atoms with Crippen molar-refractivity contribution in [3.05, 3.63) is 17.7 Å². The highest BCUT2D eigenvalue weighted by Crippen LogP contribution is 2.40. The Labute approximate surface area is 138 Å². The number of hydrogen-bond acceptors (Lipinski definition) is 7. The fourth-order valence-corrected chi connectivity index (χ4v) is 3.94. The molecule has 0 amide bonds. The molecule has 0 spiro atoms. The van der Waals surface area contributed by atoms with E-state index in [1.165, 1.54) is 0 Å². The molecule has 0 heterocycles. The number of anilines is 3. The van der Waals surface area contributed by atoms with Crippen LogP contribution in [0.15, 0.2) is 21.9 Å². The van der Waals surface area contributed by atoms with Crippen LogP contribution in [0.25, 0.3) is 10.8 Å². The minimum absolute atomic E-state index is 0.0691. The quantitative estimate of drug-likeness (QED) is 0.384. The van der Waals surface area contributed by atoms with Gasteiger partial charge in [0.1, 0.15) is 9.79 Å². The van der Waals surface area contributed by atoms with Crippen molar-refractivity contribution < 1.29 is 25.9 Å². The van der Waals surface area contributed by atoms with Crippen molar-refractivity contribution >= 4 is 48.1 Å². The van der Waals surface area contributed by atoms with Crippen LogP contribution in [-0.4, -0.2) is 25.9 Å². The molecule has 2 rings (SSSR count). The van der Waals surface area contributed by atoms with E-state index in [4.69, 9.17) is 17.2 Å². The molecule has 11 heteroatoms. The van der Waals surface area contributed by atoms with Gasteiger partial charge in [-0.3, -0.25) is 9.11 Å². The van der Waals surface area contributed by atoms with Gasteiger partial charge in [0, 0.05) is 5.39 Å². The zero-order valence-corrected chi connectivity index (χ0v) is 14.3. The van der Waals surface area contributed by atoms with Gasteiger partial charge in [0.2, 0.25) is 0 Å². The summed E-state index contributed by atoms with van der Waals surface area (Å²) in [4.78, 5) is -1.22. The molecule has 0 saturated heterocycles. The molecule has 24 heavy (non-hydrogen) atoms. The Morgan fingerprint density at radius 3 is 1.75 bits per heavy atom. The zero-order valence-electron chi connectivity index (χ0n) is 12.6. The average Bonchev–Trinajstić information content (AvgIpc) is 2.42. The van der Waals surface area contributed by atoms with Crippen molar-refractivity contribution in [1.82, 2.24) is 0 Å². The molecule has 0 aliphatic heterocycles.